The second-order valence-electron chi connectivity index (χ2n) is 9.97. The van der Waals surface area contributed by atoms with Gasteiger partial charge in [0.1, 0.15) is 25.8 Å². The molecule has 0 radical (unpaired) electrons. The third kappa shape index (κ3) is 5.19. The summed E-state index contributed by atoms with van der Waals surface area (Å²) in [6.45, 7) is 0. The minimum atomic E-state index is -2.83. The lowest BCUT2D eigenvalue weighted by Crippen LogP contribution is -2.28. The molecule has 34 heavy (non-hydrogen) atoms. The fourth-order valence-corrected chi connectivity index (χ4v) is 14.7. The Hall–Kier alpha value is -1.50. The zero-order valence-corrected chi connectivity index (χ0v) is 22.6. The van der Waals surface area contributed by atoms with Crippen LogP contribution in [0.15, 0.2) is 48.5 Å². The van der Waals surface area contributed by atoms with E-state index < -0.39 is 14.3 Å². The predicted molar refractivity (Wildman–Crippen MR) is 144 cm³/mol. The highest BCUT2D eigenvalue weighted by Crippen LogP contribution is 2.62. The molecule has 0 heterocycles. The van der Waals surface area contributed by atoms with Crippen LogP contribution in [0, 0.1) is 0 Å². The highest BCUT2D eigenvalue weighted by atomic mass is 31.2. The highest BCUT2D eigenvalue weighted by Gasteiger charge is 2.43. The first kappa shape index (κ1) is 25.6. The van der Waals surface area contributed by atoms with Crippen molar-refractivity contribution in [3.63, 3.8) is 0 Å². The molecule has 0 bridgehead atoms. The quantitative estimate of drug-likeness (QED) is 0.345. The number of hydrogen-bond donors (Lipinski definition) is 0. The molecular formula is C28H40O4P2. The van der Waals surface area contributed by atoms with Gasteiger partial charge in [-0.15, -0.1) is 0 Å². The number of ether oxygens (including phenoxy) is 2. The van der Waals surface area contributed by atoms with E-state index in [4.69, 9.17) is 9.47 Å². The maximum Gasteiger partial charge on any atom is 0.129 e. The van der Waals surface area contributed by atoms with Crippen LogP contribution in [0.3, 0.4) is 0 Å². The first-order chi connectivity index (χ1) is 16.5. The number of hydrogen-bond acceptors (Lipinski definition) is 4. The molecule has 2 unspecified atom stereocenters. The molecule has 2 atom stereocenters. The Labute approximate surface area is 205 Å². The van der Waals surface area contributed by atoms with Gasteiger partial charge in [-0.3, -0.25) is 0 Å². The molecule has 2 saturated carbocycles. The summed E-state index contributed by atoms with van der Waals surface area (Å²) >= 11 is 0. The fourth-order valence-electron chi connectivity index (χ4n) is 6.18. The fraction of sp³-hybridized carbons (Fsp3) is 0.571. The Kier molecular flexibility index (Phi) is 8.65. The molecule has 0 spiro atoms. The molecule has 4 nitrogen and oxygen atoms in total. The lowest BCUT2D eigenvalue weighted by Gasteiger charge is -2.36. The van der Waals surface area contributed by atoms with Crippen molar-refractivity contribution < 1.29 is 18.6 Å². The first-order valence-corrected chi connectivity index (χ1v) is 16.9. The van der Waals surface area contributed by atoms with E-state index in [0.29, 0.717) is 23.8 Å². The molecule has 186 valence electrons. The minimum absolute atomic E-state index is 0.148. The average molecular weight is 503 g/mol. The van der Waals surface area contributed by atoms with Crippen LogP contribution in [0.1, 0.15) is 64.2 Å². The van der Waals surface area contributed by atoms with Crippen molar-refractivity contribution in [3.05, 3.63) is 48.5 Å². The number of benzene rings is 2. The van der Waals surface area contributed by atoms with Crippen LogP contribution in [-0.4, -0.2) is 37.9 Å². The summed E-state index contributed by atoms with van der Waals surface area (Å²) in [5.41, 5.74) is 0.296. The summed E-state index contributed by atoms with van der Waals surface area (Å²) < 4.78 is 41.4. The van der Waals surface area contributed by atoms with E-state index in [-0.39, 0.29) is 11.3 Å². The van der Waals surface area contributed by atoms with Gasteiger partial charge >= 0.3 is 0 Å². The van der Waals surface area contributed by atoms with Crippen molar-refractivity contribution in [2.45, 2.75) is 75.5 Å². The summed E-state index contributed by atoms with van der Waals surface area (Å²) in [7, 11) is -2.34. The van der Waals surface area contributed by atoms with Crippen LogP contribution in [0.25, 0.3) is 0 Å². The molecular weight excluding hydrogens is 462 g/mol. The summed E-state index contributed by atoms with van der Waals surface area (Å²) in [5.74, 6) is 1.42. The van der Waals surface area contributed by atoms with Crippen molar-refractivity contribution in [2.24, 2.45) is 0 Å². The molecule has 2 fully saturated rings. The zero-order chi connectivity index (χ0) is 24.0. The van der Waals surface area contributed by atoms with Crippen LogP contribution >= 0.6 is 14.3 Å². The van der Waals surface area contributed by atoms with Crippen LogP contribution in [-0.2, 0) is 9.13 Å². The molecule has 0 aliphatic heterocycles. The summed E-state index contributed by atoms with van der Waals surface area (Å²) in [5, 5.41) is 1.69. The lowest BCUT2D eigenvalue weighted by atomic mass is 10.0. The van der Waals surface area contributed by atoms with Gasteiger partial charge in [0.15, 0.2) is 0 Å². The van der Waals surface area contributed by atoms with Crippen LogP contribution in [0.5, 0.6) is 11.5 Å². The molecule has 0 aromatic heterocycles. The zero-order valence-electron chi connectivity index (χ0n) is 20.8. The van der Waals surface area contributed by atoms with Crippen molar-refractivity contribution in [2.75, 3.05) is 26.5 Å². The molecule has 2 aliphatic rings. The lowest BCUT2D eigenvalue weighted by molar-refractivity contribution is 0.416. The smallest absolute Gasteiger partial charge is 0.129 e. The van der Waals surface area contributed by atoms with E-state index >= 15 is 9.13 Å². The van der Waals surface area contributed by atoms with Gasteiger partial charge in [-0.1, -0.05) is 62.8 Å². The van der Waals surface area contributed by atoms with E-state index in [1.165, 1.54) is 12.8 Å². The second-order valence-corrected chi connectivity index (χ2v) is 16.5. The van der Waals surface area contributed by atoms with Crippen molar-refractivity contribution in [3.8, 4) is 11.5 Å². The Morgan fingerprint density at radius 2 is 0.971 bits per heavy atom. The van der Waals surface area contributed by atoms with Gasteiger partial charge in [-0.2, -0.15) is 0 Å². The Morgan fingerprint density at radius 3 is 1.32 bits per heavy atom. The van der Waals surface area contributed by atoms with Gasteiger partial charge in [0.2, 0.25) is 0 Å². The Bertz CT molecular complexity index is 955. The van der Waals surface area contributed by atoms with Crippen LogP contribution in [0.4, 0.5) is 0 Å². The SMILES string of the molecule is COc1ccccc1P(=O)(CCP(=O)(c1ccccc1OC)C1CCCCC1)C1CCCCC1. The van der Waals surface area contributed by atoms with Gasteiger partial charge < -0.3 is 18.6 Å². The third-order valence-corrected chi connectivity index (χ3v) is 16.0. The molecule has 4 rings (SSSR count). The van der Waals surface area contributed by atoms with E-state index in [2.05, 4.69) is 0 Å². The van der Waals surface area contributed by atoms with Gasteiger partial charge in [0.05, 0.1) is 24.8 Å². The predicted octanol–water partition coefficient (Wildman–Crippen LogP) is 7.05. The van der Waals surface area contributed by atoms with E-state index in [1.54, 1.807) is 14.2 Å². The average Bonchev–Trinajstić information content (AvgIpc) is 2.92. The van der Waals surface area contributed by atoms with Gasteiger partial charge in [0, 0.05) is 23.6 Å². The Balaban J connectivity index is 1.74. The molecule has 2 aromatic carbocycles. The van der Waals surface area contributed by atoms with Crippen molar-refractivity contribution >= 4 is 24.9 Å². The number of para-hydroxylation sites is 2. The number of rotatable bonds is 9. The summed E-state index contributed by atoms with van der Waals surface area (Å²) in [6.07, 6.45) is 11.8. The van der Waals surface area contributed by atoms with Crippen molar-refractivity contribution in [1.82, 2.24) is 0 Å². The topological polar surface area (TPSA) is 52.6 Å². The monoisotopic (exact) mass is 502 g/mol. The van der Waals surface area contributed by atoms with Gasteiger partial charge in [-0.25, -0.2) is 0 Å². The second kappa shape index (κ2) is 11.5. The van der Waals surface area contributed by atoms with Crippen LogP contribution < -0.4 is 20.1 Å². The number of methoxy groups -OCH3 is 2. The maximum atomic E-state index is 15.0. The normalized spacial score (nSPS) is 21.4. The molecule has 0 N–H and O–H groups in total. The molecule has 2 aliphatic carbocycles. The van der Waals surface area contributed by atoms with Gasteiger partial charge in [-0.05, 0) is 49.9 Å². The standard InChI is InChI=1S/C28H40O4P2/c1-31-25-17-9-11-19-27(25)33(29,23-13-5-3-6-14-23)21-22-34(30,24-15-7-4-8-16-24)28-20-12-10-18-26(28)32-2/h9-12,17-20,23-24H,3-8,13-16,21-22H2,1-2H3. The van der Waals surface area contributed by atoms with E-state index in [9.17, 15) is 0 Å². The van der Waals surface area contributed by atoms with Gasteiger partial charge in [0.25, 0.3) is 0 Å². The van der Waals surface area contributed by atoms with E-state index in [0.717, 1.165) is 62.0 Å². The summed E-state index contributed by atoms with van der Waals surface area (Å²) in [4.78, 5) is 0. The molecule has 6 heteroatoms. The largest absolute Gasteiger partial charge is 0.496 e. The van der Waals surface area contributed by atoms with Crippen LogP contribution in [0.2, 0.25) is 0 Å². The van der Waals surface area contributed by atoms with Crippen molar-refractivity contribution in [1.29, 1.82) is 0 Å². The molecule has 2 aromatic rings. The minimum Gasteiger partial charge on any atom is -0.496 e. The van der Waals surface area contributed by atoms with E-state index in [1.807, 2.05) is 48.5 Å². The highest BCUT2D eigenvalue weighted by molar-refractivity contribution is 7.76. The molecule has 0 amide bonds. The Morgan fingerprint density at radius 1 is 0.618 bits per heavy atom. The third-order valence-electron chi connectivity index (χ3n) is 8.08. The summed E-state index contributed by atoms with van der Waals surface area (Å²) in [6, 6.07) is 15.6. The first-order valence-electron chi connectivity index (χ1n) is 13.0. The molecule has 0 saturated heterocycles. The maximum absolute atomic E-state index is 15.0.